The van der Waals surface area contributed by atoms with Crippen molar-refractivity contribution in [3.8, 4) is 16.8 Å². The highest BCUT2D eigenvalue weighted by atomic mass is 16.3. The van der Waals surface area contributed by atoms with Gasteiger partial charge in [0.25, 0.3) is 5.84 Å². The predicted octanol–water partition coefficient (Wildman–Crippen LogP) is 8.77. The lowest BCUT2D eigenvalue weighted by Gasteiger charge is -2.27. The number of nitrogens with zero attached hydrogens (tertiary/aromatic N) is 1. The highest BCUT2D eigenvalue weighted by Gasteiger charge is 2.31. The van der Waals surface area contributed by atoms with Gasteiger partial charge < -0.3 is 8.98 Å². The van der Waals surface area contributed by atoms with Crippen molar-refractivity contribution in [3.05, 3.63) is 187 Å². The Kier molecular flexibility index (Phi) is 6.64. The highest BCUT2D eigenvalue weighted by molar-refractivity contribution is 6.13. The molecule has 50 heavy (non-hydrogen) atoms. The van der Waals surface area contributed by atoms with Crippen LogP contribution in [0.1, 0.15) is 29.0 Å². The molecule has 5 heteroatoms. The number of nitrogens with one attached hydrogen (secondary N) is 3. The Hall–Kier alpha value is -6.43. The van der Waals surface area contributed by atoms with Gasteiger partial charge in [-0.05, 0) is 54.1 Å². The molecule has 238 valence electrons. The number of aromatic nitrogens is 1. The molecular formula is C45H33N4O+. The summed E-state index contributed by atoms with van der Waals surface area (Å²) in [5.41, 5.74) is 11.0. The first-order valence-corrected chi connectivity index (χ1v) is 17.1. The van der Waals surface area contributed by atoms with Crippen LogP contribution in [0.15, 0.2) is 174 Å². The van der Waals surface area contributed by atoms with Crippen molar-refractivity contribution in [2.24, 2.45) is 0 Å². The normalized spacial score (nSPS) is 16.2. The van der Waals surface area contributed by atoms with E-state index in [9.17, 15) is 0 Å². The number of fused-ring (bicyclic) bond motifs is 6. The van der Waals surface area contributed by atoms with Crippen LogP contribution in [-0.4, -0.2) is 10.4 Å². The van der Waals surface area contributed by atoms with Crippen LogP contribution in [0.25, 0.3) is 60.6 Å². The molecule has 0 aliphatic carbocycles. The largest absolute Gasteiger partial charge is 0.455 e. The van der Waals surface area contributed by atoms with Crippen molar-refractivity contribution in [2.75, 3.05) is 0 Å². The number of para-hydroxylation sites is 3. The third kappa shape index (κ3) is 4.71. The Balaban J connectivity index is 1.10. The summed E-state index contributed by atoms with van der Waals surface area (Å²) in [4.78, 5) is 3.76. The van der Waals surface area contributed by atoms with Crippen LogP contribution in [0.4, 0.5) is 0 Å². The van der Waals surface area contributed by atoms with Crippen LogP contribution in [0.3, 0.4) is 0 Å². The second-order valence-corrected chi connectivity index (χ2v) is 12.9. The monoisotopic (exact) mass is 645 g/mol. The van der Waals surface area contributed by atoms with Gasteiger partial charge in [0.15, 0.2) is 12.3 Å². The van der Waals surface area contributed by atoms with E-state index in [1.165, 1.54) is 21.9 Å². The molecule has 0 radical (unpaired) electrons. The van der Waals surface area contributed by atoms with Crippen LogP contribution in [0, 0.1) is 0 Å². The molecule has 0 saturated carbocycles. The van der Waals surface area contributed by atoms with Gasteiger partial charge in [0, 0.05) is 43.9 Å². The van der Waals surface area contributed by atoms with E-state index in [2.05, 4.69) is 178 Å². The molecule has 0 spiro atoms. The number of hydrogen-bond acceptors (Lipinski definition) is 3. The van der Waals surface area contributed by atoms with E-state index in [-0.39, 0.29) is 12.3 Å². The first-order valence-electron chi connectivity index (χ1n) is 17.1. The van der Waals surface area contributed by atoms with Crippen LogP contribution in [0.2, 0.25) is 0 Å². The second-order valence-electron chi connectivity index (χ2n) is 12.9. The molecule has 0 saturated heterocycles. The summed E-state index contributed by atoms with van der Waals surface area (Å²) in [6, 6.07) is 60.1. The minimum Gasteiger partial charge on any atom is -0.455 e. The van der Waals surface area contributed by atoms with Crippen LogP contribution in [-0.2, 0) is 0 Å². The minimum absolute atomic E-state index is 0.0656. The van der Waals surface area contributed by atoms with Crippen LogP contribution < -0.4 is 15.6 Å². The zero-order valence-electron chi connectivity index (χ0n) is 27.2. The zero-order chi connectivity index (χ0) is 33.0. The zero-order valence-corrected chi connectivity index (χ0v) is 27.2. The predicted molar refractivity (Wildman–Crippen MR) is 203 cm³/mol. The topological polar surface area (TPSA) is 56.1 Å². The fraction of sp³-hybridized carbons (Fsp3) is 0.0444. The van der Waals surface area contributed by atoms with Gasteiger partial charge >= 0.3 is 0 Å². The summed E-state index contributed by atoms with van der Waals surface area (Å²) in [5, 5.41) is 12.2. The first-order chi connectivity index (χ1) is 24.8. The van der Waals surface area contributed by atoms with Gasteiger partial charge in [-0.2, -0.15) is 0 Å². The number of amidine groups is 1. The fourth-order valence-corrected chi connectivity index (χ4v) is 7.59. The maximum atomic E-state index is 6.43. The van der Waals surface area contributed by atoms with Crippen LogP contribution in [0.5, 0.6) is 0 Å². The Morgan fingerprint density at radius 2 is 1.22 bits per heavy atom. The lowest BCUT2D eigenvalue weighted by Crippen LogP contribution is -2.85. The molecule has 1 aliphatic heterocycles. The Morgan fingerprint density at radius 1 is 0.520 bits per heavy atom. The van der Waals surface area contributed by atoms with Gasteiger partial charge in [-0.25, -0.2) is 5.32 Å². The molecule has 2 aromatic heterocycles. The van der Waals surface area contributed by atoms with Crippen molar-refractivity contribution >= 4 is 49.6 Å². The van der Waals surface area contributed by atoms with Crippen molar-refractivity contribution in [3.63, 3.8) is 0 Å². The minimum atomic E-state index is -0.124. The third-order valence-electron chi connectivity index (χ3n) is 9.96. The van der Waals surface area contributed by atoms with Crippen molar-refractivity contribution in [1.82, 2.24) is 15.2 Å². The number of rotatable bonds is 5. The Morgan fingerprint density at radius 3 is 2.10 bits per heavy atom. The molecule has 3 N–H and O–H groups in total. The summed E-state index contributed by atoms with van der Waals surface area (Å²) >= 11 is 0. The molecule has 1 aliphatic rings. The third-order valence-corrected chi connectivity index (χ3v) is 9.96. The quantitative estimate of drug-likeness (QED) is 0.175. The molecule has 10 rings (SSSR count). The molecule has 0 fully saturated rings. The second kappa shape index (κ2) is 11.6. The number of hydrogen-bond donors (Lipinski definition) is 3. The molecule has 7 aromatic carbocycles. The highest BCUT2D eigenvalue weighted by Crippen LogP contribution is 2.39. The van der Waals surface area contributed by atoms with Gasteiger partial charge in [-0.15, -0.1) is 0 Å². The van der Waals surface area contributed by atoms with E-state index in [1.807, 2.05) is 12.1 Å². The van der Waals surface area contributed by atoms with Gasteiger partial charge in [0.05, 0.1) is 16.6 Å². The smallest absolute Gasteiger partial charge is 0.278 e. The maximum Gasteiger partial charge on any atom is 0.278 e. The van der Waals surface area contributed by atoms with Crippen molar-refractivity contribution in [1.29, 1.82) is 0 Å². The van der Waals surface area contributed by atoms with Crippen LogP contribution >= 0.6 is 0 Å². The number of furan rings is 1. The van der Waals surface area contributed by atoms with Gasteiger partial charge in [-0.3, -0.25) is 10.3 Å². The first kappa shape index (κ1) is 28.6. The average molecular weight is 646 g/mol. The number of benzene rings is 7. The lowest BCUT2D eigenvalue weighted by molar-refractivity contribution is -0.527. The fourth-order valence-electron chi connectivity index (χ4n) is 7.59. The van der Waals surface area contributed by atoms with E-state index in [1.54, 1.807) is 0 Å². The standard InChI is InChI=1S/C45H32N4O/c1-3-13-29(14-4-1)43-46-44(30-15-5-2-6-16-30)48-45(47-43)32-17-11-18-33(27-32)49-39-23-9-7-19-35(39)38-28-31(25-26-40(38)49)34-21-12-22-37-36-20-8-10-24-41(36)50-42(34)37/h1-28,43,45,47H,(H,46,48)/p+1. The van der Waals surface area contributed by atoms with E-state index >= 15 is 0 Å². The summed E-state index contributed by atoms with van der Waals surface area (Å²) in [7, 11) is 0. The molecular weight excluding hydrogens is 613 g/mol. The molecule has 9 aromatic rings. The van der Waals surface area contributed by atoms with E-state index in [4.69, 9.17) is 4.42 Å². The van der Waals surface area contributed by atoms with Gasteiger partial charge in [0.2, 0.25) is 0 Å². The Bertz CT molecular complexity index is 2720. The van der Waals surface area contributed by atoms with Gasteiger partial charge in [-0.1, -0.05) is 121 Å². The molecule has 5 nitrogen and oxygen atoms in total. The molecule has 0 bridgehead atoms. The molecule has 3 heterocycles. The molecule has 2 unspecified atom stereocenters. The SMILES string of the molecule is c1ccc(C2=[NH+]C(c3cccc(-n4c5ccccc5c5cc(-c6cccc7c6oc6ccccc67)ccc54)c3)NC(c3ccccc3)N2)cc1. The summed E-state index contributed by atoms with van der Waals surface area (Å²) in [6.45, 7) is 0. The Labute approximate surface area is 289 Å². The van der Waals surface area contributed by atoms with Crippen molar-refractivity contribution in [2.45, 2.75) is 12.3 Å². The van der Waals surface area contributed by atoms with Gasteiger partial charge in [0.1, 0.15) is 11.2 Å². The van der Waals surface area contributed by atoms with E-state index < -0.39 is 0 Å². The average Bonchev–Trinajstić information content (AvgIpc) is 3.74. The summed E-state index contributed by atoms with van der Waals surface area (Å²) in [6.07, 6.45) is -0.190. The molecule has 2 atom stereocenters. The van der Waals surface area contributed by atoms with Crippen molar-refractivity contribution < 1.29 is 9.41 Å². The van der Waals surface area contributed by atoms with E-state index in [0.717, 1.165) is 61.2 Å². The van der Waals surface area contributed by atoms with E-state index in [0.29, 0.717) is 0 Å². The summed E-state index contributed by atoms with van der Waals surface area (Å²) < 4.78 is 8.82. The maximum absolute atomic E-state index is 6.43. The molecule has 0 amide bonds. The summed E-state index contributed by atoms with van der Waals surface area (Å²) in [5.74, 6) is 0.998. The lowest BCUT2D eigenvalue weighted by atomic mass is 10.0.